The van der Waals surface area contributed by atoms with E-state index in [0.717, 1.165) is 5.39 Å². The largest absolute Gasteiger partial charge is 0.453 e. The lowest BCUT2D eigenvalue weighted by Crippen LogP contribution is -2.09. The molecule has 1 aromatic carbocycles. The molecule has 0 fully saturated rings. The number of benzene rings is 1. The highest BCUT2D eigenvalue weighted by atomic mass is 16.3. The van der Waals surface area contributed by atoms with Crippen molar-refractivity contribution < 1.29 is 14.0 Å². The van der Waals surface area contributed by atoms with Gasteiger partial charge in [0.25, 0.3) is 0 Å². The van der Waals surface area contributed by atoms with Crippen LogP contribution in [0.4, 0.5) is 0 Å². The molecule has 3 rings (SSSR count). The summed E-state index contributed by atoms with van der Waals surface area (Å²) in [7, 11) is 1.72. The molecule has 0 bridgehead atoms. The number of rotatable bonds is 4. The predicted octanol–water partition coefficient (Wildman–Crippen LogP) is 2.62. The molecule has 0 amide bonds. The van der Waals surface area contributed by atoms with E-state index in [1.54, 1.807) is 31.4 Å². The van der Waals surface area contributed by atoms with Gasteiger partial charge >= 0.3 is 0 Å². The Hall–Kier alpha value is -2.69. The fourth-order valence-corrected chi connectivity index (χ4v) is 2.01. The molecule has 0 saturated carbocycles. The van der Waals surface area contributed by atoms with Crippen molar-refractivity contribution in [3.63, 3.8) is 0 Å². The Morgan fingerprint density at radius 1 is 1.20 bits per heavy atom. The van der Waals surface area contributed by atoms with Gasteiger partial charge in [-0.25, -0.2) is 0 Å². The van der Waals surface area contributed by atoms with Gasteiger partial charge in [0, 0.05) is 18.6 Å². The summed E-state index contributed by atoms with van der Waals surface area (Å²) in [6.07, 6.45) is 1.43. The molecule has 0 N–H and O–H groups in total. The molecule has 100 valence electrons. The fourth-order valence-electron chi connectivity index (χ4n) is 2.01. The summed E-state index contributed by atoms with van der Waals surface area (Å²) in [5.74, 6) is -0.441. The predicted molar refractivity (Wildman–Crippen MR) is 72.7 cm³/mol. The number of nitrogens with zero attached hydrogens (tertiary/aromatic N) is 2. The molecule has 3 aromatic rings. The summed E-state index contributed by atoms with van der Waals surface area (Å²) < 4.78 is 6.97. The summed E-state index contributed by atoms with van der Waals surface area (Å²) in [5, 5.41) is 4.83. The Labute approximate surface area is 114 Å². The highest BCUT2D eigenvalue weighted by Crippen LogP contribution is 2.20. The van der Waals surface area contributed by atoms with Crippen molar-refractivity contribution in [2.24, 2.45) is 7.05 Å². The standard InChI is InChI=1S/C15H12N2O3/c1-17-7-6-11(16-17)12(18)9-13(19)15-8-10-4-2-3-5-14(10)20-15/h2-8H,9H2,1H3. The van der Waals surface area contributed by atoms with E-state index in [-0.39, 0.29) is 29.4 Å². The number of hydrogen-bond acceptors (Lipinski definition) is 4. The zero-order chi connectivity index (χ0) is 14.1. The third-order valence-electron chi connectivity index (χ3n) is 3.02. The van der Waals surface area contributed by atoms with Crippen LogP contribution in [0.3, 0.4) is 0 Å². The Bertz CT molecular complexity index is 765. The summed E-state index contributed by atoms with van der Waals surface area (Å²) in [5.41, 5.74) is 0.929. The van der Waals surface area contributed by atoms with Crippen LogP contribution < -0.4 is 0 Å². The maximum Gasteiger partial charge on any atom is 0.205 e. The zero-order valence-corrected chi connectivity index (χ0v) is 10.9. The number of para-hydroxylation sites is 1. The van der Waals surface area contributed by atoms with Crippen LogP contribution in [0.1, 0.15) is 27.5 Å². The van der Waals surface area contributed by atoms with Gasteiger partial charge in [-0.1, -0.05) is 18.2 Å². The van der Waals surface area contributed by atoms with Gasteiger partial charge in [-0.2, -0.15) is 5.10 Å². The van der Waals surface area contributed by atoms with Crippen molar-refractivity contribution in [2.45, 2.75) is 6.42 Å². The fraction of sp³-hybridized carbons (Fsp3) is 0.133. The summed E-state index contributed by atoms with van der Waals surface area (Å²) in [6, 6.07) is 10.6. The molecule has 2 heterocycles. The lowest BCUT2D eigenvalue weighted by molar-refractivity contribution is 0.0876. The van der Waals surface area contributed by atoms with Gasteiger partial charge in [-0.05, 0) is 18.2 Å². The highest BCUT2D eigenvalue weighted by molar-refractivity contribution is 6.12. The van der Waals surface area contributed by atoms with E-state index in [9.17, 15) is 9.59 Å². The first-order chi connectivity index (χ1) is 9.63. The van der Waals surface area contributed by atoms with E-state index in [2.05, 4.69) is 5.10 Å². The molecular weight excluding hydrogens is 256 g/mol. The number of fused-ring (bicyclic) bond motifs is 1. The second kappa shape index (κ2) is 4.77. The van der Waals surface area contributed by atoms with Crippen molar-refractivity contribution in [3.8, 4) is 0 Å². The number of ketones is 2. The molecule has 0 aliphatic carbocycles. The van der Waals surface area contributed by atoms with Crippen molar-refractivity contribution in [2.75, 3.05) is 0 Å². The minimum Gasteiger partial charge on any atom is -0.453 e. The molecule has 5 heteroatoms. The molecule has 0 saturated heterocycles. The van der Waals surface area contributed by atoms with E-state index in [1.165, 1.54) is 4.68 Å². The smallest absolute Gasteiger partial charge is 0.205 e. The Morgan fingerprint density at radius 2 is 2.00 bits per heavy atom. The number of furan rings is 1. The van der Waals surface area contributed by atoms with Gasteiger partial charge in [0.15, 0.2) is 11.5 Å². The molecule has 0 spiro atoms. The van der Waals surface area contributed by atoms with Crippen LogP contribution in [0.2, 0.25) is 0 Å². The van der Waals surface area contributed by atoms with Crippen LogP contribution in [0.5, 0.6) is 0 Å². The van der Waals surface area contributed by atoms with Crippen LogP contribution >= 0.6 is 0 Å². The third-order valence-corrected chi connectivity index (χ3v) is 3.02. The van der Waals surface area contributed by atoms with Crippen molar-refractivity contribution in [1.29, 1.82) is 0 Å². The number of Topliss-reactive ketones (excluding diaryl/α,β-unsaturated/α-hetero) is 2. The van der Waals surface area contributed by atoms with Gasteiger partial charge in [0.1, 0.15) is 11.3 Å². The molecule has 2 aromatic heterocycles. The first kappa shape index (κ1) is 12.3. The average molecular weight is 268 g/mol. The summed E-state index contributed by atoms with van der Waals surface area (Å²) in [6.45, 7) is 0. The SMILES string of the molecule is Cn1ccc(C(=O)CC(=O)c2cc3ccccc3o2)n1. The number of hydrogen-bond donors (Lipinski definition) is 0. The van der Waals surface area contributed by atoms with E-state index in [0.29, 0.717) is 5.58 Å². The first-order valence-corrected chi connectivity index (χ1v) is 6.18. The number of carbonyl (C=O) groups excluding carboxylic acids is 2. The van der Waals surface area contributed by atoms with Crippen LogP contribution in [-0.4, -0.2) is 21.3 Å². The van der Waals surface area contributed by atoms with E-state index >= 15 is 0 Å². The lowest BCUT2D eigenvalue weighted by Gasteiger charge is -1.95. The average Bonchev–Trinajstić information content (AvgIpc) is 3.04. The maximum absolute atomic E-state index is 12.1. The quantitative estimate of drug-likeness (QED) is 0.539. The van der Waals surface area contributed by atoms with E-state index in [1.807, 2.05) is 18.2 Å². The van der Waals surface area contributed by atoms with Crippen molar-refractivity contribution in [3.05, 3.63) is 54.0 Å². The highest BCUT2D eigenvalue weighted by Gasteiger charge is 2.18. The molecule has 0 unspecified atom stereocenters. The van der Waals surface area contributed by atoms with Gasteiger partial charge in [0.2, 0.25) is 5.78 Å². The summed E-state index contributed by atoms with van der Waals surface area (Å²) >= 11 is 0. The molecule has 0 atom stereocenters. The van der Waals surface area contributed by atoms with Gasteiger partial charge in [-0.3, -0.25) is 14.3 Å². The van der Waals surface area contributed by atoms with E-state index in [4.69, 9.17) is 4.42 Å². The Balaban J connectivity index is 1.80. The monoisotopic (exact) mass is 268 g/mol. The zero-order valence-electron chi connectivity index (χ0n) is 10.9. The second-order valence-electron chi connectivity index (χ2n) is 4.55. The number of aryl methyl sites for hydroxylation is 1. The second-order valence-corrected chi connectivity index (χ2v) is 4.55. The van der Waals surface area contributed by atoms with Gasteiger partial charge in [0.05, 0.1) is 6.42 Å². The summed E-state index contributed by atoms with van der Waals surface area (Å²) in [4.78, 5) is 24.0. The molecule has 5 nitrogen and oxygen atoms in total. The van der Waals surface area contributed by atoms with Crippen LogP contribution in [0, 0.1) is 0 Å². The van der Waals surface area contributed by atoms with Gasteiger partial charge in [-0.15, -0.1) is 0 Å². The number of carbonyl (C=O) groups is 2. The maximum atomic E-state index is 12.1. The molecule has 20 heavy (non-hydrogen) atoms. The Kier molecular flexibility index (Phi) is 2.95. The number of aromatic nitrogens is 2. The van der Waals surface area contributed by atoms with Gasteiger partial charge < -0.3 is 4.42 Å². The molecular formula is C15H12N2O3. The first-order valence-electron chi connectivity index (χ1n) is 6.18. The van der Waals surface area contributed by atoms with Crippen molar-refractivity contribution >= 4 is 22.5 Å². The topological polar surface area (TPSA) is 65.1 Å². The minimum atomic E-state index is -0.336. The van der Waals surface area contributed by atoms with E-state index < -0.39 is 0 Å². The minimum absolute atomic E-state index is 0.204. The van der Waals surface area contributed by atoms with Crippen LogP contribution in [0.15, 0.2) is 47.0 Å². The Morgan fingerprint density at radius 3 is 2.70 bits per heavy atom. The van der Waals surface area contributed by atoms with Crippen LogP contribution in [-0.2, 0) is 7.05 Å². The molecule has 0 aliphatic rings. The molecule has 0 aliphatic heterocycles. The molecule has 0 radical (unpaired) electrons. The lowest BCUT2D eigenvalue weighted by atomic mass is 10.1. The van der Waals surface area contributed by atoms with Crippen molar-refractivity contribution in [1.82, 2.24) is 9.78 Å². The normalized spacial score (nSPS) is 10.8. The van der Waals surface area contributed by atoms with Crippen LogP contribution in [0.25, 0.3) is 11.0 Å². The third kappa shape index (κ3) is 2.25.